The van der Waals surface area contributed by atoms with Gasteiger partial charge in [-0.3, -0.25) is 9.78 Å². The lowest BCUT2D eigenvalue weighted by Crippen LogP contribution is -2.31. The molecule has 0 saturated carbocycles. The Morgan fingerprint density at radius 3 is 2.55 bits per heavy atom. The summed E-state index contributed by atoms with van der Waals surface area (Å²) in [7, 11) is 1.77. The first-order valence-electron chi connectivity index (χ1n) is 6.52. The smallest absolute Gasteiger partial charge is 0.244 e. The Morgan fingerprint density at radius 1 is 1.20 bits per heavy atom. The molecule has 0 bridgehead atoms. The molecule has 0 aliphatic rings. The summed E-state index contributed by atoms with van der Waals surface area (Å²) in [6.45, 7) is 0.603. The summed E-state index contributed by atoms with van der Waals surface area (Å²) < 4.78 is 0. The molecule has 3 nitrogen and oxygen atoms in total. The quantitative estimate of drug-likeness (QED) is 0.792. The predicted octanol–water partition coefficient (Wildman–Crippen LogP) is 3.06. The summed E-state index contributed by atoms with van der Waals surface area (Å²) in [5.74, 6) is -0.0891. The number of rotatable bonds is 5. The van der Waals surface area contributed by atoms with Gasteiger partial charge >= 0.3 is 0 Å². The Bertz CT molecular complexity index is 545. The lowest BCUT2D eigenvalue weighted by molar-refractivity contribution is -0.129. The zero-order valence-electron chi connectivity index (χ0n) is 11.4. The third-order valence-corrected chi connectivity index (χ3v) is 3.55. The minimum atomic E-state index is -0.634. The highest BCUT2D eigenvalue weighted by Crippen LogP contribution is 2.22. The lowest BCUT2D eigenvalue weighted by atomic mass is 10.1. The fourth-order valence-electron chi connectivity index (χ4n) is 1.90. The summed E-state index contributed by atoms with van der Waals surface area (Å²) >= 11 is 6.23. The number of hydrogen-bond acceptors (Lipinski definition) is 2. The summed E-state index contributed by atoms with van der Waals surface area (Å²) in [5, 5.41) is -0.634. The fourth-order valence-corrected chi connectivity index (χ4v) is 2.21. The summed E-state index contributed by atoms with van der Waals surface area (Å²) in [4.78, 5) is 18.1. The van der Waals surface area contributed by atoms with Gasteiger partial charge in [-0.15, -0.1) is 11.6 Å². The van der Waals surface area contributed by atoms with Crippen molar-refractivity contribution in [3.8, 4) is 0 Å². The van der Waals surface area contributed by atoms with Crippen molar-refractivity contribution in [2.75, 3.05) is 13.6 Å². The van der Waals surface area contributed by atoms with Gasteiger partial charge in [0.2, 0.25) is 5.91 Å². The van der Waals surface area contributed by atoms with Crippen molar-refractivity contribution in [3.05, 3.63) is 66.0 Å². The van der Waals surface area contributed by atoms with Gasteiger partial charge in [0.25, 0.3) is 0 Å². The van der Waals surface area contributed by atoms with E-state index in [-0.39, 0.29) is 5.91 Å². The molecule has 0 fully saturated rings. The Labute approximate surface area is 124 Å². The number of nitrogens with zero attached hydrogens (tertiary/aromatic N) is 2. The Kier molecular flexibility index (Phi) is 5.13. The van der Waals surface area contributed by atoms with Crippen LogP contribution in [0.4, 0.5) is 0 Å². The van der Waals surface area contributed by atoms with Gasteiger partial charge in [-0.2, -0.15) is 0 Å². The largest absolute Gasteiger partial charge is 0.344 e. The van der Waals surface area contributed by atoms with Crippen molar-refractivity contribution in [2.45, 2.75) is 11.8 Å². The molecule has 4 heteroatoms. The average Bonchev–Trinajstić information content (AvgIpc) is 2.53. The normalized spacial score (nSPS) is 11.9. The minimum absolute atomic E-state index is 0.0891. The average molecular weight is 289 g/mol. The number of hydrogen-bond donors (Lipinski definition) is 0. The van der Waals surface area contributed by atoms with Crippen LogP contribution in [-0.2, 0) is 11.2 Å². The molecule has 1 atom stereocenters. The number of likely N-dealkylation sites (N-methyl/N-ethyl adjacent to an activating group) is 1. The van der Waals surface area contributed by atoms with Crippen molar-refractivity contribution in [3.63, 3.8) is 0 Å². The van der Waals surface area contributed by atoms with Crippen molar-refractivity contribution in [2.24, 2.45) is 0 Å². The first-order valence-corrected chi connectivity index (χ1v) is 6.96. The molecule has 1 aromatic heterocycles. The van der Waals surface area contributed by atoms with E-state index in [4.69, 9.17) is 11.6 Å². The highest BCUT2D eigenvalue weighted by atomic mass is 35.5. The molecule has 0 spiro atoms. The van der Waals surface area contributed by atoms with Gasteiger partial charge in [0, 0.05) is 31.9 Å². The van der Waals surface area contributed by atoms with Crippen LogP contribution in [0.5, 0.6) is 0 Å². The van der Waals surface area contributed by atoms with E-state index in [0.717, 1.165) is 17.7 Å². The maximum Gasteiger partial charge on any atom is 0.244 e. The van der Waals surface area contributed by atoms with Gasteiger partial charge in [-0.25, -0.2) is 0 Å². The molecule has 0 saturated heterocycles. The molecule has 1 heterocycles. The van der Waals surface area contributed by atoms with Crippen LogP contribution in [0.15, 0.2) is 54.7 Å². The van der Waals surface area contributed by atoms with E-state index in [1.807, 2.05) is 48.5 Å². The second kappa shape index (κ2) is 7.06. The molecule has 0 N–H and O–H groups in total. The number of pyridine rings is 1. The molecule has 1 aromatic carbocycles. The fraction of sp³-hybridized carbons (Fsp3) is 0.250. The van der Waals surface area contributed by atoms with E-state index >= 15 is 0 Å². The maximum absolute atomic E-state index is 12.2. The van der Waals surface area contributed by atoms with Crippen LogP contribution in [0.2, 0.25) is 0 Å². The van der Waals surface area contributed by atoms with Gasteiger partial charge < -0.3 is 4.90 Å². The van der Waals surface area contributed by atoms with Crippen molar-refractivity contribution < 1.29 is 4.79 Å². The highest BCUT2D eigenvalue weighted by molar-refractivity contribution is 6.30. The second-order valence-electron chi connectivity index (χ2n) is 4.60. The number of halogens is 1. The van der Waals surface area contributed by atoms with Crippen LogP contribution in [-0.4, -0.2) is 29.4 Å². The van der Waals surface area contributed by atoms with E-state index in [0.29, 0.717) is 6.54 Å². The van der Waals surface area contributed by atoms with Gasteiger partial charge in [-0.05, 0) is 17.7 Å². The molecular formula is C16H17ClN2O. The Morgan fingerprint density at radius 2 is 1.90 bits per heavy atom. The molecule has 1 unspecified atom stereocenters. The topological polar surface area (TPSA) is 33.2 Å². The predicted molar refractivity (Wildman–Crippen MR) is 80.6 cm³/mol. The van der Waals surface area contributed by atoms with Crippen molar-refractivity contribution in [1.82, 2.24) is 9.88 Å². The van der Waals surface area contributed by atoms with Crippen LogP contribution in [0.1, 0.15) is 16.6 Å². The van der Waals surface area contributed by atoms with Crippen LogP contribution < -0.4 is 0 Å². The van der Waals surface area contributed by atoms with Crippen LogP contribution in [0, 0.1) is 0 Å². The molecule has 0 aliphatic heterocycles. The molecule has 2 aromatic rings. The van der Waals surface area contributed by atoms with Gasteiger partial charge in [-0.1, -0.05) is 36.4 Å². The van der Waals surface area contributed by atoms with Crippen LogP contribution in [0.25, 0.3) is 0 Å². The number of carbonyl (C=O) groups excluding carboxylic acids is 1. The summed E-state index contributed by atoms with van der Waals surface area (Å²) in [5.41, 5.74) is 1.79. The second-order valence-corrected chi connectivity index (χ2v) is 5.04. The molecule has 104 valence electrons. The van der Waals surface area contributed by atoms with E-state index in [9.17, 15) is 4.79 Å². The zero-order valence-corrected chi connectivity index (χ0v) is 12.1. The Hall–Kier alpha value is -1.87. The standard InChI is InChI=1S/C16H17ClN2O/c1-19(12-10-14-9-5-6-11-18-14)16(20)15(17)13-7-3-2-4-8-13/h2-9,11,15H,10,12H2,1H3. The molecule has 0 aliphatic carbocycles. The van der Waals surface area contributed by atoms with Crippen molar-refractivity contribution >= 4 is 17.5 Å². The molecule has 1 amide bonds. The Balaban J connectivity index is 1.92. The van der Waals surface area contributed by atoms with Crippen molar-refractivity contribution in [1.29, 1.82) is 0 Å². The number of alkyl halides is 1. The van der Waals surface area contributed by atoms with Crippen LogP contribution in [0.3, 0.4) is 0 Å². The third-order valence-electron chi connectivity index (χ3n) is 3.11. The first-order chi connectivity index (χ1) is 9.68. The molecular weight excluding hydrogens is 272 g/mol. The monoisotopic (exact) mass is 288 g/mol. The lowest BCUT2D eigenvalue weighted by Gasteiger charge is -2.20. The van der Waals surface area contributed by atoms with E-state index in [1.54, 1.807) is 18.1 Å². The van der Waals surface area contributed by atoms with Gasteiger partial charge in [0.05, 0.1) is 0 Å². The highest BCUT2D eigenvalue weighted by Gasteiger charge is 2.20. The number of carbonyl (C=O) groups is 1. The summed E-state index contributed by atoms with van der Waals surface area (Å²) in [6, 6.07) is 15.2. The third kappa shape index (κ3) is 3.81. The van der Waals surface area contributed by atoms with Gasteiger partial charge in [0.1, 0.15) is 5.38 Å². The van der Waals surface area contributed by atoms with E-state index in [2.05, 4.69) is 4.98 Å². The van der Waals surface area contributed by atoms with E-state index in [1.165, 1.54) is 0 Å². The van der Waals surface area contributed by atoms with Crippen LogP contribution >= 0.6 is 11.6 Å². The minimum Gasteiger partial charge on any atom is -0.344 e. The van der Waals surface area contributed by atoms with E-state index < -0.39 is 5.38 Å². The SMILES string of the molecule is CN(CCc1ccccn1)C(=O)C(Cl)c1ccccc1. The summed E-state index contributed by atoms with van der Waals surface area (Å²) in [6.07, 6.45) is 2.48. The zero-order chi connectivity index (χ0) is 14.4. The molecule has 2 rings (SSSR count). The number of amides is 1. The number of benzene rings is 1. The maximum atomic E-state index is 12.2. The molecule has 20 heavy (non-hydrogen) atoms. The first kappa shape index (κ1) is 14.5. The number of aromatic nitrogens is 1. The van der Waals surface area contributed by atoms with Gasteiger partial charge in [0.15, 0.2) is 0 Å². The molecule has 0 radical (unpaired) electrons.